The zero-order valence-corrected chi connectivity index (χ0v) is 14.3. The molecule has 1 aliphatic rings. The number of nitrogens with one attached hydrogen (secondary N) is 1. The number of aromatic nitrogens is 1. The number of benzene rings is 2. The molecule has 5 heteroatoms. The Kier molecular flexibility index (Phi) is 4.15. The third-order valence-electron chi connectivity index (χ3n) is 4.22. The molecular formula is C20H16N2O2S. The molecular weight excluding hydrogens is 332 g/mol. The van der Waals surface area contributed by atoms with Crippen molar-refractivity contribution in [3.63, 3.8) is 0 Å². The minimum Gasteiger partial charge on any atom is -0.347 e. The Morgan fingerprint density at radius 3 is 2.64 bits per heavy atom. The maximum absolute atomic E-state index is 11.7. The average Bonchev–Trinajstić information content (AvgIpc) is 3.16. The second-order valence-electron chi connectivity index (χ2n) is 5.92. The number of hydrogen-bond donors (Lipinski definition) is 1. The van der Waals surface area contributed by atoms with Gasteiger partial charge in [-0.25, -0.2) is 0 Å². The number of carbonyl (C=O) groups excluding carboxylic acids is 2. The van der Waals surface area contributed by atoms with Crippen LogP contribution >= 0.6 is 11.8 Å². The number of amides is 2. The summed E-state index contributed by atoms with van der Waals surface area (Å²) in [5, 5.41) is 3.08. The van der Waals surface area contributed by atoms with Gasteiger partial charge in [0.2, 0.25) is 0 Å². The number of fused-ring (bicyclic) bond motifs is 1. The molecule has 1 saturated heterocycles. The second-order valence-corrected chi connectivity index (χ2v) is 6.93. The average molecular weight is 348 g/mol. The molecule has 4 rings (SSSR count). The van der Waals surface area contributed by atoms with Crippen LogP contribution in [0.15, 0.2) is 65.7 Å². The first-order valence-corrected chi connectivity index (χ1v) is 8.88. The topological polar surface area (TPSA) is 51.1 Å². The van der Waals surface area contributed by atoms with Gasteiger partial charge in [0, 0.05) is 23.6 Å². The monoisotopic (exact) mass is 348 g/mol. The van der Waals surface area contributed by atoms with Gasteiger partial charge in [-0.2, -0.15) is 0 Å². The fourth-order valence-corrected chi connectivity index (χ4v) is 3.65. The predicted molar refractivity (Wildman–Crippen MR) is 101 cm³/mol. The van der Waals surface area contributed by atoms with Gasteiger partial charge in [-0.05, 0) is 53.6 Å². The number of imide groups is 1. The van der Waals surface area contributed by atoms with E-state index in [0.717, 1.165) is 41.2 Å². The summed E-state index contributed by atoms with van der Waals surface area (Å²) < 4.78 is 2.24. The van der Waals surface area contributed by atoms with Crippen molar-refractivity contribution in [1.29, 1.82) is 0 Å². The van der Waals surface area contributed by atoms with Gasteiger partial charge in [-0.15, -0.1) is 0 Å². The third kappa shape index (κ3) is 3.37. The highest BCUT2D eigenvalue weighted by molar-refractivity contribution is 8.18. The molecule has 0 spiro atoms. The Bertz CT molecular complexity index is 989. The SMILES string of the molecule is O=C1NC(=O)/C(=C\c2ccc3c(ccn3CCc3ccccc3)c2)S1. The van der Waals surface area contributed by atoms with Gasteiger partial charge in [0.1, 0.15) is 0 Å². The van der Waals surface area contributed by atoms with Crippen molar-refractivity contribution >= 4 is 39.9 Å². The van der Waals surface area contributed by atoms with Crippen LogP contribution in [0.25, 0.3) is 17.0 Å². The van der Waals surface area contributed by atoms with Crippen LogP contribution in [0.3, 0.4) is 0 Å². The Morgan fingerprint density at radius 1 is 1.04 bits per heavy atom. The van der Waals surface area contributed by atoms with Crippen LogP contribution < -0.4 is 5.32 Å². The first-order valence-electron chi connectivity index (χ1n) is 8.07. The van der Waals surface area contributed by atoms with Crippen molar-refractivity contribution in [2.24, 2.45) is 0 Å². The fourth-order valence-electron chi connectivity index (χ4n) is 2.97. The van der Waals surface area contributed by atoms with Crippen LogP contribution in [0.5, 0.6) is 0 Å². The summed E-state index contributed by atoms with van der Waals surface area (Å²) in [6.07, 6.45) is 4.83. The number of hydrogen-bond acceptors (Lipinski definition) is 3. The second kappa shape index (κ2) is 6.61. The minimum absolute atomic E-state index is 0.315. The van der Waals surface area contributed by atoms with Gasteiger partial charge in [0.05, 0.1) is 4.91 Å². The summed E-state index contributed by atoms with van der Waals surface area (Å²) in [4.78, 5) is 23.3. The molecule has 25 heavy (non-hydrogen) atoms. The lowest BCUT2D eigenvalue weighted by Crippen LogP contribution is -2.17. The summed E-state index contributed by atoms with van der Waals surface area (Å²) >= 11 is 0.941. The van der Waals surface area contributed by atoms with Crippen LogP contribution in [-0.4, -0.2) is 15.7 Å². The van der Waals surface area contributed by atoms with E-state index in [1.807, 2.05) is 18.2 Å². The van der Waals surface area contributed by atoms with E-state index in [1.165, 1.54) is 5.56 Å². The van der Waals surface area contributed by atoms with Gasteiger partial charge in [0.15, 0.2) is 0 Å². The van der Waals surface area contributed by atoms with Crippen LogP contribution in [0.2, 0.25) is 0 Å². The molecule has 0 bridgehead atoms. The number of thioether (sulfide) groups is 1. The summed E-state index contributed by atoms with van der Waals surface area (Å²) in [7, 11) is 0. The molecule has 0 unspecified atom stereocenters. The standard InChI is InChI=1S/C20H16N2O2S/c23-19-18(25-20(24)21-19)13-15-6-7-17-16(12-15)9-11-22(17)10-8-14-4-2-1-3-5-14/h1-7,9,11-13H,8,10H2,(H,21,23,24)/b18-13+. The molecule has 1 aromatic heterocycles. The van der Waals surface area contributed by atoms with Crippen LogP contribution in [0, 0.1) is 0 Å². The summed E-state index contributed by atoms with van der Waals surface area (Å²) in [5.74, 6) is -0.324. The summed E-state index contributed by atoms with van der Waals surface area (Å²) in [6.45, 7) is 0.917. The molecule has 3 aromatic rings. The van der Waals surface area contributed by atoms with E-state index in [1.54, 1.807) is 6.08 Å². The van der Waals surface area contributed by atoms with E-state index >= 15 is 0 Å². The largest absolute Gasteiger partial charge is 0.347 e. The molecule has 0 radical (unpaired) electrons. The number of carbonyl (C=O) groups is 2. The highest BCUT2D eigenvalue weighted by Gasteiger charge is 2.24. The van der Waals surface area contributed by atoms with E-state index in [-0.39, 0.29) is 11.1 Å². The highest BCUT2D eigenvalue weighted by atomic mass is 32.2. The van der Waals surface area contributed by atoms with Crippen molar-refractivity contribution in [2.45, 2.75) is 13.0 Å². The van der Waals surface area contributed by atoms with Crippen molar-refractivity contribution in [2.75, 3.05) is 0 Å². The molecule has 1 N–H and O–H groups in total. The van der Waals surface area contributed by atoms with Crippen molar-refractivity contribution in [1.82, 2.24) is 9.88 Å². The zero-order valence-electron chi connectivity index (χ0n) is 13.4. The molecule has 0 atom stereocenters. The van der Waals surface area contributed by atoms with Gasteiger partial charge in [-0.1, -0.05) is 36.4 Å². The molecule has 2 aromatic carbocycles. The lowest BCUT2D eigenvalue weighted by atomic mass is 10.1. The Morgan fingerprint density at radius 2 is 1.88 bits per heavy atom. The maximum atomic E-state index is 11.7. The fraction of sp³-hybridized carbons (Fsp3) is 0.100. The smallest absolute Gasteiger partial charge is 0.290 e. The first kappa shape index (κ1) is 15.7. The lowest BCUT2D eigenvalue weighted by molar-refractivity contribution is -0.115. The first-order chi connectivity index (χ1) is 12.2. The van der Waals surface area contributed by atoms with Gasteiger partial charge < -0.3 is 4.57 Å². The third-order valence-corrected chi connectivity index (χ3v) is 5.03. The summed E-state index contributed by atoms with van der Waals surface area (Å²) in [5.41, 5.74) is 3.40. The Labute approximate surface area is 149 Å². The van der Waals surface area contributed by atoms with E-state index in [9.17, 15) is 9.59 Å². The number of aryl methyl sites for hydroxylation is 2. The van der Waals surface area contributed by atoms with E-state index in [0.29, 0.717) is 4.91 Å². The number of nitrogens with zero attached hydrogens (tertiary/aromatic N) is 1. The molecule has 1 fully saturated rings. The maximum Gasteiger partial charge on any atom is 0.290 e. The van der Waals surface area contributed by atoms with Crippen LogP contribution in [0.4, 0.5) is 4.79 Å². The van der Waals surface area contributed by atoms with E-state index in [2.05, 4.69) is 52.5 Å². The van der Waals surface area contributed by atoms with Crippen molar-refractivity contribution in [3.05, 3.63) is 76.8 Å². The normalized spacial score (nSPS) is 15.9. The Hall–Kier alpha value is -2.79. The van der Waals surface area contributed by atoms with Gasteiger partial charge in [-0.3, -0.25) is 14.9 Å². The zero-order chi connectivity index (χ0) is 17.2. The molecule has 0 saturated carbocycles. The van der Waals surface area contributed by atoms with E-state index < -0.39 is 0 Å². The molecule has 124 valence electrons. The van der Waals surface area contributed by atoms with Crippen LogP contribution in [-0.2, 0) is 17.8 Å². The molecule has 4 nitrogen and oxygen atoms in total. The summed E-state index contributed by atoms with van der Waals surface area (Å²) in [6, 6.07) is 18.6. The van der Waals surface area contributed by atoms with Gasteiger partial charge >= 0.3 is 0 Å². The van der Waals surface area contributed by atoms with E-state index in [4.69, 9.17) is 0 Å². The molecule has 2 heterocycles. The van der Waals surface area contributed by atoms with Gasteiger partial charge in [0.25, 0.3) is 11.1 Å². The Balaban J connectivity index is 1.56. The predicted octanol–water partition coefficient (Wildman–Crippen LogP) is 4.21. The molecule has 2 amide bonds. The van der Waals surface area contributed by atoms with Crippen LogP contribution in [0.1, 0.15) is 11.1 Å². The van der Waals surface area contributed by atoms with Crippen molar-refractivity contribution < 1.29 is 9.59 Å². The van der Waals surface area contributed by atoms with Crippen molar-refractivity contribution in [3.8, 4) is 0 Å². The quantitative estimate of drug-likeness (QED) is 0.719. The highest BCUT2D eigenvalue weighted by Crippen LogP contribution is 2.27. The number of rotatable bonds is 4. The molecule has 1 aliphatic heterocycles. The minimum atomic E-state index is -0.324. The lowest BCUT2D eigenvalue weighted by Gasteiger charge is -2.06. The molecule has 0 aliphatic carbocycles.